The molecule has 1 N–H and O–H groups in total. The Hall–Kier alpha value is -1.39. The summed E-state index contributed by atoms with van der Waals surface area (Å²) in [5.41, 5.74) is 3.44. The second-order valence-corrected chi connectivity index (χ2v) is 5.47. The average molecular weight is 319 g/mol. The molecular formula is C15H15BrN2O. The van der Waals surface area contributed by atoms with Crippen molar-refractivity contribution in [1.82, 2.24) is 10.3 Å². The molecule has 0 fully saturated rings. The molecule has 0 radical (unpaired) electrons. The number of aromatic nitrogens is 1. The summed E-state index contributed by atoms with van der Waals surface area (Å²) in [5.74, 6) is 1.02. The molecule has 98 valence electrons. The zero-order chi connectivity index (χ0) is 13.2. The lowest BCUT2D eigenvalue weighted by Crippen LogP contribution is -2.19. The highest BCUT2D eigenvalue weighted by Crippen LogP contribution is 2.35. The smallest absolute Gasteiger partial charge is 0.127 e. The molecule has 1 aliphatic heterocycles. The van der Waals surface area contributed by atoms with E-state index < -0.39 is 0 Å². The maximum atomic E-state index is 5.78. The molecule has 2 heterocycles. The molecule has 3 nitrogen and oxygen atoms in total. The Morgan fingerprint density at radius 3 is 2.95 bits per heavy atom. The van der Waals surface area contributed by atoms with Gasteiger partial charge in [-0.1, -0.05) is 18.2 Å². The number of ether oxygens (including phenoxy) is 1. The van der Waals surface area contributed by atoms with Crippen LogP contribution in [-0.2, 0) is 6.42 Å². The summed E-state index contributed by atoms with van der Waals surface area (Å²) in [6, 6.07) is 10.4. The van der Waals surface area contributed by atoms with Gasteiger partial charge in [0.1, 0.15) is 5.75 Å². The van der Waals surface area contributed by atoms with E-state index in [9.17, 15) is 0 Å². The largest absolute Gasteiger partial charge is 0.493 e. The van der Waals surface area contributed by atoms with Crippen molar-refractivity contribution in [2.45, 2.75) is 12.5 Å². The highest BCUT2D eigenvalue weighted by atomic mass is 79.9. The van der Waals surface area contributed by atoms with Gasteiger partial charge in [0.15, 0.2) is 0 Å². The monoisotopic (exact) mass is 318 g/mol. The van der Waals surface area contributed by atoms with Crippen LogP contribution < -0.4 is 10.1 Å². The predicted octanol–water partition coefficient (Wildman–Crippen LogP) is 3.09. The minimum Gasteiger partial charge on any atom is -0.493 e. The highest BCUT2D eigenvalue weighted by molar-refractivity contribution is 9.10. The quantitative estimate of drug-likeness (QED) is 0.944. The molecule has 19 heavy (non-hydrogen) atoms. The Labute approximate surface area is 121 Å². The van der Waals surface area contributed by atoms with Crippen molar-refractivity contribution in [3.63, 3.8) is 0 Å². The Morgan fingerprint density at radius 2 is 2.21 bits per heavy atom. The van der Waals surface area contributed by atoms with E-state index in [0.717, 1.165) is 34.5 Å². The van der Waals surface area contributed by atoms with E-state index in [1.165, 1.54) is 5.56 Å². The molecule has 0 bridgehead atoms. The van der Waals surface area contributed by atoms with Crippen molar-refractivity contribution < 1.29 is 4.74 Å². The molecule has 0 aliphatic carbocycles. The lowest BCUT2D eigenvalue weighted by atomic mass is 9.99. The predicted molar refractivity (Wildman–Crippen MR) is 78.5 cm³/mol. The first-order valence-corrected chi connectivity index (χ1v) is 7.12. The molecule has 1 aliphatic rings. The third-order valence-corrected chi connectivity index (χ3v) is 3.86. The summed E-state index contributed by atoms with van der Waals surface area (Å²) in [5, 5.41) is 3.33. The minimum atomic E-state index is 0.0566. The fourth-order valence-corrected chi connectivity index (χ4v) is 2.72. The number of nitrogens with zero attached hydrogens (tertiary/aromatic N) is 1. The van der Waals surface area contributed by atoms with Crippen molar-refractivity contribution in [3.8, 4) is 5.75 Å². The van der Waals surface area contributed by atoms with Gasteiger partial charge in [-0.05, 0) is 40.7 Å². The third kappa shape index (κ3) is 2.38. The number of hydrogen-bond donors (Lipinski definition) is 1. The van der Waals surface area contributed by atoms with Crippen LogP contribution in [0.15, 0.2) is 41.0 Å². The second kappa shape index (κ2) is 5.31. The molecule has 1 unspecified atom stereocenters. The number of nitrogens with one attached hydrogen (secondary N) is 1. The van der Waals surface area contributed by atoms with Gasteiger partial charge in [0, 0.05) is 22.7 Å². The number of halogens is 1. The number of benzene rings is 1. The summed E-state index contributed by atoms with van der Waals surface area (Å²) in [6.07, 6.45) is 2.82. The van der Waals surface area contributed by atoms with Crippen molar-refractivity contribution in [2.75, 3.05) is 13.7 Å². The van der Waals surface area contributed by atoms with E-state index >= 15 is 0 Å². The van der Waals surface area contributed by atoms with Gasteiger partial charge in [-0.2, -0.15) is 0 Å². The van der Waals surface area contributed by atoms with Gasteiger partial charge in [0.2, 0.25) is 0 Å². The molecule has 0 spiro atoms. The van der Waals surface area contributed by atoms with Crippen molar-refractivity contribution in [1.29, 1.82) is 0 Å². The SMILES string of the molecule is CNC(c1ccc(Br)cn1)c1cccc2c1OCC2. The van der Waals surface area contributed by atoms with E-state index in [4.69, 9.17) is 4.74 Å². The van der Waals surface area contributed by atoms with E-state index in [0.29, 0.717) is 0 Å². The first-order valence-electron chi connectivity index (χ1n) is 6.33. The van der Waals surface area contributed by atoms with E-state index in [2.05, 4.69) is 44.4 Å². The molecule has 1 aromatic carbocycles. The Balaban J connectivity index is 2.03. The maximum absolute atomic E-state index is 5.78. The Kier molecular flexibility index (Phi) is 3.53. The molecule has 1 aromatic heterocycles. The summed E-state index contributed by atoms with van der Waals surface area (Å²) in [7, 11) is 1.95. The Bertz CT molecular complexity index is 583. The van der Waals surface area contributed by atoms with E-state index in [1.807, 2.05) is 25.4 Å². The summed E-state index contributed by atoms with van der Waals surface area (Å²) >= 11 is 3.41. The lowest BCUT2D eigenvalue weighted by molar-refractivity contribution is 0.351. The highest BCUT2D eigenvalue weighted by Gasteiger charge is 2.22. The zero-order valence-electron chi connectivity index (χ0n) is 10.7. The number of pyridine rings is 1. The first kappa shape index (κ1) is 12.6. The Morgan fingerprint density at radius 1 is 1.32 bits per heavy atom. The van der Waals surface area contributed by atoms with Crippen LogP contribution in [0.1, 0.15) is 22.9 Å². The van der Waals surface area contributed by atoms with Crippen LogP contribution in [0, 0.1) is 0 Å². The fourth-order valence-electron chi connectivity index (χ4n) is 2.49. The van der Waals surface area contributed by atoms with E-state index in [-0.39, 0.29) is 6.04 Å². The van der Waals surface area contributed by atoms with Crippen molar-refractivity contribution in [3.05, 3.63) is 57.8 Å². The van der Waals surface area contributed by atoms with E-state index in [1.54, 1.807) is 0 Å². The number of para-hydroxylation sites is 1. The number of fused-ring (bicyclic) bond motifs is 1. The van der Waals surface area contributed by atoms with Gasteiger partial charge in [0.05, 0.1) is 18.3 Å². The number of rotatable bonds is 3. The molecule has 0 saturated carbocycles. The summed E-state index contributed by atoms with van der Waals surface area (Å²) < 4.78 is 6.77. The van der Waals surface area contributed by atoms with Crippen LogP contribution in [0.2, 0.25) is 0 Å². The van der Waals surface area contributed by atoms with Crippen LogP contribution in [0.4, 0.5) is 0 Å². The lowest BCUT2D eigenvalue weighted by Gasteiger charge is -2.18. The molecule has 0 amide bonds. The van der Waals surface area contributed by atoms with Crippen LogP contribution >= 0.6 is 15.9 Å². The van der Waals surface area contributed by atoms with Crippen LogP contribution in [0.3, 0.4) is 0 Å². The molecule has 3 rings (SSSR count). The van der Waals surface area contributed by atoms with Crippen LogP contribution in [0.5, 0.6) is 5.75 Å². The molecule has 2 aromatic rings. The van der Waals surface area contributed by atoms with Crippen LogP contribution in [0.25, 0.3) is 0 Å². The molecule has 0 saturated heterocycles. The van der Waals surface area contributed by atoms with Gasteiger partial charge in [0.25, 0.3) is 0 Å². The normalized spacial score (nSPS) is 14.8. The van der Waals surface area contributed by atoms with Crippen molar-refractivity contribution >= 4 is 15.9 Å². The third-order valence-electron chi connectivity index (χ3n) is 3.39. The molecular weight excluding hydrogens is 304 g/mol. The molecule has 4 heteroatoms. The van der Waals surface area contributed by atoms with Gasteiger partial charge in [-0.15, -0.1) is 0 Å². The maximum Gasteiger partial charge on any atom is 0.127 e. The van der Waals surface area contributed by atoms with Gasteiger partial charge >= 0.3 is 0 Å². The van der Waals surface area contributed by atoms with Gasteiger partial charge < -0.3 is 10.1 Å². The number of hydrogen-bond acceptors (Lipinski definition) is 3. The topological polar surface area (TPSA) is 34.2 Å². The average Bonchev–Trinajstić information content (AvgIpc) is 2.91. The van der Waals surface area contributed by atoms with Gasteiger partial charge in [-0.3, -0.25) is 4.98 Å². The first-order chi connectivity index (χ1) is 9.29. The second-order valence-electron chi connectivity index (χ2n) is 4.56. The van der Waals surface area contributed by atoms with Crippen LogP contribution in [-0.4, -0.2) is 18.6 Å². The van der Waals surface area contributed by atoms with Gasteiger partial charge in [-0.25, -0.2) is 0 Å². The van der Waals surface area contributed by atoms with Crippen molar-refractivity contribution in [2.24, 2.45) is 0 Å². The zero-order valence-corrected chi connectivity index (χ0v) is 12.3. The fraction of sp³-hybridized carbons (Fsp3) is 0.267. The molecule has 1 atom stereocenters. The summed E-state index contributed by atoms with van der Waals surface area (Å²) in [4.78, 5) is 4.49. The summed E-state index contributed by atoms with van der Waals surface area (Å²) in [6.45, 7) is 0.774. The standard InChI is InChI=1S/C15H15BrN2O/c1-17-14(13-6-5-11(16)9-18-13)12-4-2-3-10-7-8-19-15(10)12/h2-6,9,14,17H,7-8H2,1H3. The minimum absolute atomic E-state index is 0.0566.